The average molecular weight is 520 g/mol. The van der Waals surface area contributed by atoms with Crippen molar-refractivity contribution >= 4 is 34.2 Å². The Labute approximate surface area is 182 Å². The monoisotopic (exact) mass is 520 g/mol. The van der Waals surface area contributed by atoms with Gasteiger partial charge in [-0.05, 0) is 38.0 Å². The molecule has 1 aliphatic heterocycles. The number of aromatic nitrogens is 2. The summed E-state index contributed by atoms with van der Waals surface area (Å²) < 4.78 is 41.0. The number of piperazine rings is 1. The number of amides is 1. The molecule has 1 fully saturated rings. The quantitative estimate of drug-likeness (QED) is 0.451. The first-order valence-corrected chi connectivity index (χ1v) is 10.9. The Hall–Kier alpha value is -1.78. The number of hydrogen-bond donors (Lipinski definition) is 0. The highest BCUT2D eigenvalue weighted by atomic mass is 127. The smallest absolute Gasteiger partial charge is 0.368 e. The zero-order chi connectivity index (χ0) is 21.3. The van der Waals surface area contributed by atoms with Gasteiger partial charge in [0.2, 0.25) is 5.91 Å². The van der Waals surface area contributed by atoms with Gasteiger partial charge in [0, 0.05) is 47.6 Å². The van der Waals surface area contributed by atoms with E-state index in [9.17, 15) is 18.0 Å². The Morgan fingerprint density at radius 2 is 1.79 bits per heavy atom. The first kappa shape index (κ1) is 21.9. The first-order chi connectivity index (χ1) is 13.6. The molecule has 0 spiro atoms. The van der Waals surface area contributed by atoms with Gasteiger partial charge in [0.05, 0.1) is 0 Å². The van der Waals surface area contributed by atoms with Crippen molar-refractivity contribution in [3.8, 4) is 0 Å². The highest BCUT2D eigenvalue weighted by Crippen LogP contribution is 2.33. The van der Waals surface area contributed by atoms with Gasteiger partial charge in [0.25, 0.3) is 0 Å². The topological polar surface area (TPSA) is 41.4 Å². The van der Waals surface area contributed by atoms with Crippen molar-refractivity contribution in [1.82, 2.24) is 14.7 Å². The van der Waals surface area contributed by atoms with Crippen LogP contribution in [-0.4, -0.2) is 46.8 Å². The van der Waals surface area contributed by atoms with Crippen LogP contribution >= 0.6 is 22.6 Å². The number of alkyl halides is 4. The number of aryl methyl sites for hydroxylation is 1. The van der Waals surface area contributed by atoms with E-state index in [2.05, 4.69) is 36.0 Å². The molecule has 2 heterocycles. The van der Waals surface area contributed by atoms with Crippen LogP contribution in [0.15, 0.2) is 18.2 Å². The molecule has 0 bridgehead atoms. The number of hydrogen-bond acceptors (Lipinski definition) is 3. The zero-order valence-corrected chi connectivity index (χ0v) is 18.8. The van der Waals surface area contributed by atoms with Gasteiger partial charge in [-0.25, -0.2) is 0 Å². The van der Waals surface area contributed by atoms with Crippen LogP contribution in [0.3, 0.4) is 0 Å². The summed E-state index contributed by atoms with van der Waals surface area (Å²) in [5.41, 5.74) is 3.27. The summed E-state index contributed by atoms with van der Waals surface area (Å²) in [6, 6.07) is 6.18. The highest BCUT2D eigenvalue weighted by molar-refractivity contribution is 14.1. The summed E-state index contributed by atoms with van der Waals surface area (Å²) >= 11 is 1.89. The normalized spacial score (nSPS) is 15.1. The summed E-state index contributed by atoms with van der Waals surface area (Å²) in [5.74, 6) is -0.204. The molecule has 0 radical (unpaired) electrons. The Balaban J connectivity index is 1.68. The van der Waals surface area contributed by atoms with Crippen LogP contribution in [0.4, 0.5) is 18.9 Å². The van der Waals surface area contributed by atoms with Crippen molar-refractivity contribution in [2.24, 2.45) is 0 Å². The van der Waals surface area contributed by atoms with Crippen LogP contribution < -0.4 is 4.90 Å². The molecule has 0 saturated carbocycles. The van der Waals surface area contributed by atoms with Crippen LogP contribution in [0.25, 0.3) is 0 Å². The van der Waals surface area contributed by atoms with Crippen LogP contribution in [-0.2, 0) is 21.9 Å². The van der Waals surface area contributed by atoms with Crippen molar-refractivity contribution in [1.29, 1.82) is 0 Å². The highest BCUT2D eigenvalue weighted by Gasteiger charge is 2.38. The fraction of sp³-hybridized carbons (Fsp3) is 0.500. The summed E-state index contributed by atoms with van der Waals surface area (Å²) in [6.45, 7) is 8.05. The van der Waals surface area contributed by atoms with Gasteiger partial charge in [-0.3, -0.25) is 9.48 Å². The number of anilines is 1. The van der Waals surface area contributed by atoms with Gasteiger partial charge >= 0.3 is 6.18 Å². The second-order valence-electron chi connectivity index (χ2n) is 7.29. The lowest BCUT2D eigenvalue weighted by Gasteiger charge is -2.37. The van der Waals surface area contributed by atoms with E-state index in [0.29, 0.717) is 31.9 Å². The molecule has 0 atom stereocenters. The van der Waals surface area contributed by atoms with Gasteiger partial charge in [-0.15, -0.1) is 0 Å². The number of carbonyl (C=O) groups is 1. The zero-order valence-electron chi connectivity index (χ0n) is 16.7. The molecule has 0 unspecified atom stereocenters. The minimum atomic E-state index is -4.52. The number of carbonyl (C=O) groups excluding carboxylic acids is 1. The SMILES string of the molecule is Cc1cccc(N2CCN(C(=O)Cn3nc(C(F)(F)F)c(CI)c3C)CC2)c1C. The third kappa shape index (κ3) is 4.54. The maximum atomic E-state index is 13.2. The summed E-state index contributed by atoms with van der Waals surface area (Å²) in [4.78, 5) is 16.7. The molecule has 0 aliphatic carbocycles. The van der Waals surface area contributed by atoms with E-state index in [4.69, 9.17) is 0 Å². The van der Waals surface area contributed by atoms with Crippen molar-refractivity contribution in [3.63, 3.8) is 0 Å². The van der Waals surface area contributed by atoms with Gasteiger partial charge in [0.15, 0.2) is 5.69 Å². The van der Waals surface area contributed by atoms with E-state index in [-0.39, 0.29) is 22.4 Å². The predicted octanol–water partition coefficient (Wildman–Crippen LogP) is 4.11. The van der Waals surface area contributed by atoms with E-state index >= 15 is 0 Å². The van der Waals surface area contributed by atoms with Gasteiger partial charge < -0.3 is 9.80 Å². The van der Waals surface area contributed by atoms with Crippen LogP contribution in [0.2, 0.25) is 0 Å². The molecule has 2 aromatic rings. The van der Waals surface area contributed by atoms with E-state index in [0.717, 1.165) is 0 Å². The maximum Gasteiger partial charge on any atom is 0.435 e. The van der Waals surface area contributed by atoms with E-state index in [1.54, 1.807) is 11.8 Å². The van der Waals surface area contributed by atoms with Gasteiger partial charge in [-0.1, -0.05) is 34.7 Å². The molecular formula is C20H24F3IN4O. The molecule has 1 amide bonds. The van der Waals surface area contributed by atoms with E-state index in [1.807, 2.05) is 28.7 Å². The maximum absolute atomic E-state index is 13.2. The Bertz CT molecular complexity index is 902. The van der Waals surface area contributed by atoms with E-state index in [1.165, 1.54) is 21.5 Å². The Morgan fingerprint density at radius 3 is 2.34 bits per heavy atom. The van der Waals surface area contributed by atoms with Crippen molar-refractivity contribution in [2.75, 3.05) is 31.1 Å². The average Bonchev–Trinajstić information content (AvgIpc) is 3.00. The first-order valence-electron chi connectivity index (χ1n) is 9.42. The lowest BCUT2D eigenvalue weighted by Crippen LogP contribution is -2.50. The Kier molecular flexibility index (Phi) is 6.45. The van der Waals surface area contributed by atoms with Gasteiger partial charge in [-0.2, -0.15) is 18.3 Å². The third-order valence-electron chi connectivity index (χ3n) is 5.57. The summed E-state index contributed by atoms with van der Waals surface area (Å²) in [7, 11) is 0. The molecule has 1 aromatic heterocycles. The fourth-order valence-corrected chi connectivity index (χ4v) is 4.54. The molecule has 1 aromatic carbocycles. The molecule has 9 heteroatoms. The Morgan fingerprint density at radius 1 is 1.14 bits per heavy atom. The standard InChI is InChI=1S/C20H24F3IN4O/c1-13-5-4-6-17(14(13)2)26-7-9-27(10-8-26)18(29)12-28-15(3)16(11-24)19(25-28)20(21,22)23/h4-6H,7-12H2,1-3H3. The second kappa shape index (κ2) is 8.53. The largest absolute Gasteiger partial charge is 0.435 e. The molecule has 0 N–H and O–H groups in total. The lowest BCUT2D eigenvalue weighted by atomic mass is 10.1. The third-order valence-corrected chi connectivity index (χ3v) is 6.33. The summed E-state index contributed by atoms with van der Waals surface area (Å²) in [5, 5.41) is 3.70. The van der Waals surface area contributed by atoms with Crippen LogP contribution in [0.5, 0.6) is 0 Å². The molecule has 5 nitrogen and oxygen atoms in total. The summed E-state index contributed by atoms with van der Waals surface area (Å²) in [6.07, 6.45) is -4.52. The number of halogens is 4. The number of nitrogens with zero attached hydrogens (tertiary/aromatic N) is 4. The number of rotatable bonds is 4. The van der Waals surface area contributed by atoms with Crippen molar-refractivity contribution < 1.29 is 18.0 Å². The van der Waals surface area contributed by atoms with Crippen LogP contribution in [0.1, 0.15) is 28.1 Å². The molecule has 1 saturated heterocycles. The van der Waals surface area contributed by atoms with Crippen molar-refractivity contribution in [3.05, 3.63) is 46.3 Å². The van der Waals surface area contributed by atoms with Gasteiger partial charge in [0.1, 0.15) is 6.54 Å². The van der Waals surface area contributed by atoms with Crippen molar-refractivity contribution in [2.45, 2.75) is 37.9 Å². The minimum absolute atomic E-state index is 0.144. The molecule has 3 rings (SSSR count). The fourth-order valence-electron chi connectivity index (χ4n) is 3.63. The molecule has 1 aliphatic rings. The second-order valence-corrected chi connectivity index (χ2v) is 8.05. The molecule has 29 heavy (non-hydrogen) atoms. The number of benzene rings is 1. The lowest BCUT2D eigenvalue weighted by molar-refractivity contribution is -0.142. The van der Waals surface area contributed by atoms with E-state index < -0.39 is 11.9 Å². The predicted molar refractivity (Wildman–Crippen MR) is 114 cm³/mol. The molecule has 158 valence electrons. The van der Waals surface area contributed by atoms with Crippen LogP contribution in [0, 0.1) is 20.8 Å². The molecular weight excluding hydrogens is 496 g/mol. The minimum Gasteiger partial charge on any atom is -0.368 e.